The molecule has 2 aromatic carbocycles. The molecule has 148 valence electrons. The molecule has 29 heavy (non-hydrogen) atoms. The standard InChI is InChI=1S/C22H20FN3O3/c1-2-29-22(28)18-8-3-4-9-19(18)26-20-11-10-17(14-24-20)25-21(27)13-15-6-5-7-16(23)12-15/h3-12,14H,2,13H2,1H3,(H,24,26)(H,25,27). The summed E-state index contributed by atoms with van der Waals surface area (Å²) in [4.78, 5) is 28.4. The number of pyridine rings is 1. The molecule has 1 aromatic heterocycles. The zero-order chi connectivity index (χ0) is 20.6. The zero-order valence-corrected chi connectivity index (χ0v) is 15.8. The number of ether oxygens (including phenoxy) is 1. The highest BCUT2D eigenvalue weighted by atomic mass is 19.1. The lowest BCUT2D eigenvalue weighted by Gasteiger charge is -2.11. The van der Waals surface area contributed by atoms with Crippen LogP contribution in [0.1, 0.15) is 22.8 Å². The molecule has 7 heteroatoms. The topological polar surface area (TPSA) is 80.3 Å². The highest BCUT2D eigenvalue weighted by Gasteiger charge is 2.12. The summed E-state index contributed by atoms with van der Waals surface area (Å²) in [5, 5.41) is 5.79. The molecule has 0 radical (unpaired) electrons. The van der Waals surface area contributed by atoms with Crippen molar-refractivity contribution in [2.75, 3.05) is 17.2 Å². The Morgan fingerprint density at radius 2 is 1.90 bits per heavy atom. The van der Waals surface area contributed by atoms with Gasteiger partial charge in [-0.05, 0) is 48.9 Å². The Morgan fingerprint density at radius 1 is 1.07 bits per heavy atom. The van der Waals surface area contributed by atoms with Crippen LogP contribution >= 0.6 is 0 Å². The van der Waals surface area contributed by atoms with E-state index in [9.17, 15) is 14.0 Å². The van der Waals surface area contributed by atoms with E-state index in [0.717, 1.165) is 0 Å². The van der Waals surface area contributed by atoms with Gasteiger partial charge in [0.2, 0.25) is 5.91 Å². The van der Waals surface area contributed by atoms with Gasteiger partial charge in [0.25, 0.3) is 0 Å². The van der Waals surface area contributed by atoms with E-state index >= 15 is 0 Å². The molecular weight excluding hydrogens is 373 g/mol. The number of hydrogen-bond donors (Lipinski definition) is 2. The van der Waals surface area contributed by atoms with E-state index in [4.69, 9.17) is 4.74 Å². The molecule has 0 aliphatic rings. The van der Waals surface area contributed by atoms with Gasteiger partial charge in [0, 0.05) is 0 Å². The van der Waals surface area contributed by atoms with Crippen molar-refractivity contribution in [1.82, 2.24) is 4.98 Å². The smallest absolute Gasteiger partial charge is 0.340 e. The van der Waals surface area contributed by atoms with Crippen molar-refractivity contribution in [1.29, 1.82) is 0 Å². The number of carbonyl (C=O) groups excluding carboxylic acids is 2. The van der Waals surface area contributed by atoms with E-state index < -0.39 is 5.97 Å². The second-order valence-corrected chi connectivity index (χ2v) is 6.18. The normalized spacial score (nSPS) is 10.3. The minimum absolute atomic E-state index is 0.0602. The minimum atomic E-state index is -0.420. The van der Waals surface area contributed by atoms with Crippen LogP contribution < -0.4 is 10.6 Å². The highest BCUT2D eigenvalue weighted by Crippen LogP contribution is 2.21. The van der Waals surface area contributed by atoms with Crippen LogP contribution in [0.3, 0.4) is 0 Å². The predicted octanol–water partition coefficient (Wildman–Crippen LogP) is 4.32. The predicted molar refractivity (Wildman–Crippen MR) is 109 cm³/mol. The third kappa shape index (κ3) is 5.62. The molecule has 1 amide bonds. The number of rotatable bonds is 7. The van der Waals surface area contributed by atoms with Gasteiger partial charge in [-0.1, -0.05) is 24.3 Å². The number of nitrogens with one attached hydrogen (secondary N) is 2. The summed E-state index contributed by atoms with van der Waals surface area (Å²) >= 11 is 0. The van der Waals surface area contributed by atoms with Gasteiger partial charge in [0.05, 0.1) is 36.2 Å². The first-order valence-electron chi connectivity index (χ1n) is 9.08. The molecule has 0 spiro atoms. The Bertz CT molecular complexity index is 1010. The van der Waals surface area contributed by atoms with Crippen molar-refractivity contribution in [3.8, 4) is 0 Å². The van der Waals surface area contributed by atoms with Crippen LogP contribution in [0.15, 0.2) is 66.9 Å². The Morgan fingerprint density at radius 3 is 2.62 bits per heavy atom. The number of halogens is 1. The maximum atomic E-state index is 13.2. The number of carbonyl (C=O) groups is 2. The van der Waals surface area contributed by atoms with Gasteiger partial charge in [0.1, 0.15) is 11.6 Å². The largest absolute Gasteiger partial charge is 0.462 e. The molecule has 0 bridgehead atoms. The molecule has 0 saturated carbocycles. The second-order valence-electron chi connectivity index (χ2n) is 6.18. The summed E-state index contributed by atoms with van der Waals surface area (Å²) in [6, 6.07) is 16.2. The van der Waals surface area contributed by atoms with Crippen molar-refractivity contribution in [3.63, 3.8) is 0 Å². The van der Waals surface area contributed by atoms with Crippen LogP contribution in [0, 0.1) is 5.82 Å². The number of hydrogen-bond acceptors (Lipinski definition) is 5. The lowest BCUT2D eigenvalue weighted by molar-refractivity contribution is -0.115. The molecular formula is C22H20FN3O3. The quantitative estimate of drug-likeness (QED) is 0.584. The SMILES string of the molecule is CCOC(=O)c1ccccc1Nc1ccc(NC(=O)Cc2cccc(F)c2)cn1. The van der Waals surface area contributed by atoms with E-state index in [1.165, 1.54) is 18.3 Å². The van der Waals surface area contributed by atoms with Gasteiger partial charge in [0.15, 0.2) is 0 Å². The van der Waals surface area contributed by atoms with Crippen LogP contribution in [0.2, 0.25) is 0 Å². The van der Waals surface area contributed by atoms with Crippen molar-refractivity contribution in [3.05, 3.63) is 83.8 Å². The van der Waals surface area contributed by atoms with Gasteiger partial charge < -0.3 is 15.4 Å². The van der Waals surface area contributed by atoms with Crippen LogP contribution in [0.5, 0.6) is 0 Å². The summed E-state index contributed by atoms with van der Waals surface area (Å²) in [5.74, 6) is -0.567. The maximum absolute atomic E-state index is 13.2. The number of para-hydroxylation sites is 1. The molecule has 1 heterocycles. The highest BCUT2D eigenvalue weighted by molar-refractivity contribution is 5.96. The van der Waals surface area contributed by atoms with Crippen LogP contribution in [-0.4, -0.2) is 23.5 Å². The molecule has 3 aromatic rings. The molecule has 0 aliphatic heterocycles. The summed E-state index contributed by atoms with van der Waals surface area (Å²) in [5.41, 5.74) is 2.07. The van der Waals surface area contributed by atoms with E-state index in [0.29, 0.717) is 28.3 Å². The molecule has 2 N–H and O–H groups in total. The summed E-state index contributed by atoms with van der Waals surface area (Å²) < 4.78 is 18.3. The molecule has 3 rings (SSSR count). The van der Waals surface area contributed by atoms with Crippen molar-refractivity contribution < 1.29 is 18.7 Å². The Hall–Kier alpha value is -3.74. The molecule has 0 saturated heterocycles. The third-order valence-electron chi connectivity index (χ3n) is 3.99. The Balaban J connectivity index is 1.64. The summed E-state index contributed by atoms with van der Waals surface area (Å²) in [6.45, 7) is 2.03. The lowest BCUT2D eigenvalue weighted by Crippen LogP contribution is -2.14. The molecule has 0 atom stereocenters. The van der Waals surface area contributed by atoms with E-state index in [1.807, 2.05) is 0 Å². The number of anilines is 3. The first kappa shape index (κ1) is 20.0. The minimum Gasteiger partial charge on any atom is -0.462 e. The van der Waals surface area contributed by atoms with Crippen LogP contribution in [0.25, 0.3) is 0 Å². The molecule has 6 nitrogen and oxygen atoms in total. The fraction of sp³-hybridized carbons (Fsp3) is 0.136. The fourth-order valence-corrected chi connectivity index (χ4v) is 2.70. The van der Waals surface area contributed by atoms with E-state index in [1.54, 1.807) is 55.5 Å². The number of amides is 1. The van der Waals surface area contributed by atoms with Crippen LogP contribution in [0.4, 0.5) is 21.6 Å². The molecule has 0 fully saturated rings. The number of nitrogens with zero attached hydrogens (tertiary/aromatic N) is 1. The number of benzene rings is 2. The van der Waals surface area contributed by atoms with Gasteiger partial charge >= 0.3 is 5.97 Å². The third-order valence-corrected chi connectivity index (χ3v) is 3.99. The van der Waals surface area contributed by atoms with Gasteiger partial charge in [-0.15, -0.1) is 0 Å². The van der Waals surface area contributed by atoms with Crippen LogP contribution in [-0.2, 0) is 16.0 Å². The summed E-state index contributed by atoms with van der Waals surface area (Å²) in [7, 11) is 0. The average molecular weight is 393 g/mol. The summed E-state index contributed by atoms with van der Waals surface area (Å²) in [6.07, 6.45) is 1.56. The van der Waals surface area contributed by atoms with Gasteiger partial charge in [-0.3, -0.25) is 4.79 Å². The average Bonchev–Trinajstić information content (AvgIpc) is 2.70. The van der Waals surface area contributed by atoms with Gasteiger partial charge in [-0.2, -0.15) is 0 Å². The monoisotopic (exact) mass is 393 g/mol. The van der Waals surface area contributed by atoms with E-state index in [2.05, 4.69) is 15.6 Å². The zero-order valence-electron chi connectivity index (χ0n) is 15.8. The first-order chi connectivity index (χ1) is 14.0. The first-order valence-corrected chi connectivity index (χ1v) is 9.08. The fourth-order valence-electron chi connectivity index (χ4n) is 2.70. The van der Waals surface area contributed by atoms with Crippen molar-refractivity contribution >= 4 is 29.1 Å². The number of esters is 1. The molecule has 0 unspecified atom stereocenters. The Labute approximate surface area is 167 Å². The van der Waals surface area contributed by atoms with E-state index in [-0.39, 0.29) is 24.8 Å². The lowest BCUT2D eigenvalue weighted by atomic mass is 10.1. The van der Waals surface area contributed by atoms with Gasteiger partial charge in [-0.25, -0.2) is 14.2 Å². The van der Waals surface area contributed by atoms with Crippen molar-refractivity contribution in [2.45, 2.75) is 13.3 Å². The second kappa shape index (κ2) is 9.45. The molecule has 0 aliphatic carbocycles. The van der Waals surface area contributed by atoms with Crippen molar-refractivity contribution in [2.24, 2.45) is 0 Å². The Kier molecular flexibility index (Phi) is 6.52. The maximum Gasteiger partial charge on any atom is 0.340 e. The number of aromatic nitrogens is 1.